The Balaban J connectivity index is 1.34. The summed E-state index contributed by atoms with van der Waals surface area (Å²) in [5.74, 6) is 0.00434. The number of ether oxygens (including phenoxy) is 1. The first-order chi connectivity index (χ1) is 18.4. The van der Waals surface area contributed by atoms with E-state index in [9.17, 15) is 24.0 Å². The maximum atomic E-state index is 12.7. The van der Waals surface area contributed by atoms with Gasteiger partial charge in [-0.05, 0) is 55.2 Å². The topological polar surface area (TPSA) is 154 Å². The van der Waals surface area contributed by atoms with Gasteiger partial charge in [-0.2, -0.15) is 0 Å². The van der Waals surface area contributed by atoms with Crippen LogP contribution in [0.15, 0.2) is 24.3 Å². The summed E-state index contributed by atoms with van der Waals surface area (Å²) < 4.78 is 4.49. The fourth-order valence-corrected chi connectivity index (χ4v) is 5.40. The van der Waals surface area contributed by atoms with Gasteiger partial charge in [-0.1, -0.05) is 39.3 Å². The zero-order valence-corrected chi connectivity index (χ0v) is 23.1. The molecule has 4 amide bonds. The number of carbonyl (C=O) groups is 5. The fraction of sp³-hybridized carbons (Fsp3) is 0.607. The predicted octanol–water partition coefficient (Wildman–Crippen LogP) is 2.89. The minimum atomic E-state index is -1.37. The Morgan fingerprint density at radius 3 is 2.41 bits per heavy atom. The average Bonchev–Trinajstić information content (AvgIpc) is 3.27. The van der Waals surface area contributed by atoms with Crippen LogP contribution < -0.4 is 16.0 Å². The van der Waals surface area contributed by atoms with Gasteiger partial charge in [-0.15, -0.1) is 0 Å². The maximum absolute atomic E-state index is 12.7. The second-order valence-corrected chi connectivity index (χ2v) is 11.0. The van der Waals surface area contributed by atoms with Crippen molar-refractivity contribution in [2.75, 3.05) is 18.4 Å². The van der Waals surface area contributed by atoms with Crippen LogP contribution in [0.25, 0.3) is 0 Å². The van der Waals surface area contributed by atoms with E-state index in [-0.39, 0.29) is 42.8 Å². The molecule has 1 aliphatic carbocycles. The molecule has 1 heterocycles. The van der Waals surface area contributed by atoms with Crippen molar-refractivity contribution in [1.29, 1.82) is 0 Å². The summed E-state index contributed by atoms with van der Waals surface area (Å²) in [7, 11) is 0. The molecule has 11 heteroatoms. The number of unbranched alkanes of at least 4 members (excludes halogenated alkanes) is 2. The molecule has 4 N–H and O–H groups in total. The number of carbonyl (C=O) groups excluding carboxylic acids is 4. The van der Waals surface area contributed by atoms with Crippen LogP contribution in [-0.2, 0) is 30.5 Å². The molecular weight excluding hydrogens is 504 g/mol. The minimum Gasteiger partial charge on any atom is -0.450 e. The van der Waals surface area contributed by atoms with Crippen LogP contribution in [0, 0.1) is 17.8 Å². The summed E-state index contributed by atoms with van der Waals surface area (Å²) in [4.78, 5) is 62.1. The average molecular weight is 545 g/mol. The Morgan fingerprint density at radius 2 is 1.79 bits per heavy atom. The highest BCUT2D eigenvalue weighted by Gasteiger charge is 2.67. The van der Waals surface area contributed by atoms with Crippen molar-refractivity contribution in [3.8, 4) is 0 Å². The number of hydrogen-bond acceptors (Lipinski definition) is 6. The summed E-state index contributed by atoms with van der Waals surface area (Å²) in [6, 6.07) is 5.68. The Morgan fingerprint density at radius 1 is 1.10 bits per heavy atom. The molecule has 0 radical (unpaired) electrons. The summed E-state index contributed by atoms with van der Waals surface area (Å²) in [6.07, 6.45) is 1.90. The monoisotopic (exact) mass is 544 g/mol. The second kappa shape index (κ2) is 12.9. The van der Waals surface area contributed by atoms with E-state index in [2.05, 4.69) is 34.5 Å². The van der Waals surface area contributed by atoms with E-state index >= 15 is 0 Å². The molecule has 4 unspecified atom stereocenters. The molecule has 1 saturated carbocycles. The number of piperidine rings is 1. The van der Waals surface area contributed by atoms with Crippen LogP contribution in [0.1, 0.15) is 65.4 Å². The summed E-state index contributed by atoms with van der Waals surface area (Å²) in [6.45, 7) is 8.36. The highest BCUT2D eigenvalue weighted by atomic mass is 16.7. The van der Waals surface area contributed by atoms with Gasteiger partial charge in [0.1, 0.15) is 12.6 Å². The number of fused-ring (bicyclic) bond motifs is 1. The van der Waals surface area contributed by atoms with Crippen molar-refractivity contribution >= 4 is 35.5 Å². The number of carboxylic acid groups (broad SMARTS) is 1. The number of hydrogen-bond donors (Lipinski definition) is 4. The van der Waals surface area contributed by atoms with E-state index in [0.29, 0.717) is 35.9 Å². The van der Waals surface area contributed by atoms with E-state index in [1.165, 1.54) is 0 Å². The molecule has 3 rings (SSSR count). The third-order valence-corrected chi connectivity index (χ3v) is 8.02. The van der Waals surface area contributed by atoms with Crippen LogP contribution in [-0.4, -0.2) is 64.5 Å². The van der Waals surface area contributed by atoms with Crippen LogP contribution >= 0.6 is 0 Å². The molecule has 2 aliphatic rings. The lowest BCUT2D eigenvalue weighted by Crippen LogP contribution is -2.51. The Kier molecular flexibility index (Phi) is 9.93. The van der Waals surface area contributed by atoms with Crippen LogP contribution in [0.4, 0.5) is 10.5 Å². The molecule has 0 spiro atoms. The maximum Gasteiger partial charge on any atom is 0.506 e. The van der Waals surface area contributed by atoms with Gasteiger partial charge in [0.2, 0.25) is 23.6 Å². The van der Waals surface area contributed by atoms with Crippen molar-refractivity contribution in [3.63, 3.8) is 0 Å². The number of amides is 4. The predicted molar refractivity (Wildman–Crippen MR) is 144 cm³/mol. The van der Waals surface area contributed by atoms with Crippen molar-refractivity contribution in [3.05, 3.63) is 29.8 Å². The molecule has 0 bridgehead atoms. The van der Waals surface area contributed by atoms with Crippen molar-refractivity contribution in [2.24, 2.45) is 17.8 Å². The minimum absolute atomic E-state index is 0.0204. The number of nitrogens with zero attached hydrogens (tertiary/aromatic N) is 1. The lowest BCUT2D eigenvalue weighted by Gasteiger charge is -2.27. The summed E-state index contributed by atoms with van der Waals surface area (Å²) >= 11 is 0. The SMILES string of the molecule is CC(C)C(NC(=O)CCCCCN1C(=O)CC2C(C)C21C)C(=O)NCC(=O)Nc1ccc(COC(=O)O)cc1. The van der Waals surface area contributed by atoms with E-state index in [1.54, 1.807) is 24.3 Å². The summed E-state index contributed by atoms with van der Waals surface area (Å²) in [5, 5.41) is 16.5. The first-order valence-corrected chi connectivity index (χ1v) is 13.6. The molecular formula is C28H40N4O7. The number of anilines is 1. The standard InChI is InChI=1S/C28H40N4O7/c1-17(2)25(26(36)29-15-23(34)30-20-11-9-19(10-12-20)16-39-27(37)38)31-22(33)8-6-5-7-13-32-24(35)14-21-18(3)28(21,32)4/h9-12,17-18,21,25H,5-8,13-16H2,1-4H3,(H,29,36)(H,30,34)(H,31,33)(H,37,38). The number of rotatable bonds is 14. The first kappa shape index (κ1) is 29.9. The molecule has 214 valence electrons. The quantitative estimate of drug-likeness (QED) is 0.207. The van der Waals surface area contributed by atoms with Gasteiger partial charge in [0.15, 0.2) is 0 Å². The van der Waals surface area contributed by atoms with E-state index in [0.717, 1.165) is 19.4 Å². The Labute approximate surface area is 229 Å². The number of nitrogens with one attached hydrogen (secondary N) is 3. The molecule has 1 aliphatic heterocycles. The smallest absolute Gasteiger partial charge is 0.450 e. The highest BCUT2D eigenvalue weighted by Crippen LogP contribution is 2.60. The van der Waals surface area contributed by atoms with Gasteiger partial charge in [-0.3, -0.25) is 19.2 Å². The zero-order valence-electron chi connectivity index (χ0n) is 23.1. The van der Waals surface area contributed by atoms with E-state index in [4.69, 9.17) is 5.11 Å². The third kappa shape index (κ3) is 7.70. The van der Waals surface area contributed by atoms with Crippen molar-refractivity contribution < 1.29 is 33.8 Å². The van der Waals surface area contributed by atoms with Gasteiger partial charge < -0.3 is 30.7 Å². The molecule has 0 aromatic heterocycles. The summed E-state index contributed by atoms with van der Waals surface area (Å²) in [5.41, 5.74) is 1.13. The normalized spacial score (nSPS) is 22.2. The number of benzene rings is 1. The molecule has 1 saturated heterocycles. The van der Waals surface area contributed by atoms with Gasteiger partial charge >= 0.3 is 6.16 Å². The number of likely N-dealkylation sites (tertiary alicyclic amines) is 1. The highest BCUT2D eigenvalue weighted by molar-refractivity contribution is 5.96. The molecule has 11 nitrogen and oxygen atoms in total. The van der Waals surface area contributed by atoms with Crippen molar-refractivity contribution in [1.82, 2.24) is 15.5 Å². The van der Waals surface area contributed by atoms with Crippen molar-refractivity contribution in [2.45, 2.75) is 78.0 Å². The molecule has 2 fully saturated rings. The molecule has 4 atom stereocenters. The molecule has 39 heavy (non-hydrogen) atoms. The van der Waals surface area contributed by atoms with Gasteiger partial charge in [-0.25, -0.2) is 4.79 Å². The van der Waals surface area contributed by atoms with Crippen LogP contribution in [0.5, 0.6) is 0 Å². The van der Waals surface area contributed by atoms with Gasteiger partial charge in [0, 0.05) is 30.6 Å². The molecule has 1 aromatic rings. The van der Waals surface area contributed by atoms with E-state index in [1.807, 2.05) is 18.7 Å². The largest absolute Gasteiger partial charge is 0.506 e. The second-order valence-electron chi connectivity index (χ2n) is 11.0. The zero-order chi connectivity index (χ0) is 28.7. The Hall–Kier alpha value is -3.63. The molecule has 1 aromatic carbocycles. The Bertz CT molecular complexity index is 1070. The van der Waals surface area contributed by atoms with E-state index < -0.39 is 24.0 Å². The first-order valence-electron chi connectivity index (χ1n) is 13.6. The van der Waals surface area contributed by atoms with Crippen LogP contribution in [0.2, 0.25) is 0 Å². The third-order valence-electron chi connectivity index (χ3n) is 8.02. The van der Waals surface area contributed by atoms with Gasteiger partial charge in [0.05, 0.1) is 6.54 Å². The van der Waals surface area contributed by atoms with Gasteiger partial charge in [0.25, 0.3) is 0 Å². The lowest BCUT2D eigenvalue weighted by atomic mass is 10.0. The lowest BCUT2D eigenvalue weighted by molar-refractivity contribution is -0.131. The fourth-order valence-electron chi connectivity index (χ4n) is 5.40. The van der Waals surface area contributed by atoms with Crippen LogP contribution in [0.3, 0.4) is 0 Å².